The van der Waals surface area contributed by atoms with E-state index in [9.17, 15) is 10.5 Å². The lowest BCUT2D eigenvalue weighted by atomic mass is 10.1. The predicted octanol–water partition coefficient (Wildman–Crippen LogP) is 6.43. The molecular weight excluding hydrogens is 370 g/mol. The van der Waals surface area contributed by atoms with Crippen molar-refractivity contribution in [3.05, 3.63) is 90.0 Å². The number of rotatable bonds is 1. The normalized spacial score (nSPS) is 11.3. The number of para-hydroxylation sites is 2. The molecule has 4 aromatic carbocycles. The summed E-state index contributed by atoms with van der Waals surface area (Å²) in [6, 6.07) is 29.9. The second kappa shape index (κ2) is 5.98. The molecule has 0 atom stereocenters. The molecule has 0 unspecified atom stereocenters. The number of nitrogens with zero attached hydrogens (tertiary/aromatic N) is 3. The van der Waals surface area contributed by atoms with Crippen molar-refractivity contribution >= 4 is 43.7 Å². The summed E-state index contributed by atoms with van der Waals surface area (Å²) in [4.78, 5) is 0. The zero-order valence-electron chi connectivity index (χ0n) is 15.8. The van der Waals surface area contributed by atoms with Gasteiger partial charge in [0.25, 0.3) is 0 Å². The van der Waals surface area contributed by atoms with Crippen molar-refractivity contribution < 1.29 is 4.42 Å². The van der Waals surface area contributed by atoms with E-state index in [1.54, 1.807) is 12.1 Å². The molecule has 4 heteroatoms. The number of hydrogen-bond acceptors (Lipinski definition) is 3. The van der Waals surface area contributed by atoms with Gasteiger partial charge in [-0.3, -0.25) is 0 Å². The van der Waals surface area contributed by atoms with E-state index in [2.05, 4.69) is 41.0 Å². The van der Waals surface area contributed by atoms with E-state index in [-0.39, 0.29) is 0 Å². The van der Waals surface area contributed by atoms with E-state index in [0.29, 0.717) is 11.1 Å². The molecule has 0 radical (unpaired) electrons. The molecule has 138 valence electrons. The summed E-state index contributed by atoms with van der Waals surface area (Å²) in [7, 11) is 0. The standard InChI is InChI=1S/C26H13N3O/c27-14-16-9-12-22(17(13-16)15-28)29-23-7-3-1-5-18(23)20-10-11-21-19-6-2-4-8-24(19)30-26(21)25(20)29/h1-13H. The second-order valence-electron chi connectivity index (χ2n) is 7.24. The van der Waals surface area contributed by atoms with E-state index in [1.807, 2.05) is 42.5 Å². The number of hydrogen-bond donors (Lipinski definition) is 0. The molecule has 30 heavy (non-hydrogen) atoms. The van der Waals surface area contributed by atoms with Crippen LogP contribution in [-0.2, 0) is 0 Å². The van der Waals surface area contributed by atoms with Gasteiger partial charge in [0.2, 0.25) is 0 Å². The highest BCUT2D eigenvalue weighted by Crippen LogP contribution is 2.40. The van der Waals surface area contributed by atoms with Gasteiger partial charge in [0.1, 0.15) is 11.7 Å². The van der Waals surface area contributed by atoms with Crippen LogP contribution in [0.2, 0.25) is 0 Å². The average Bonchev–Trinajstić information content (AvgIpc) is 3.34. The zero-order chi connectivity index (χ0) is 20.2. The molecule has 0 saturated carbocycles. The minimum atomic E-state index is 0.449. The largest absolute Gasteiger partial charge is 0.454 e. The van der Waals surface area contributed by atoms with Gasteiger partial charge in [-0.2, -0.15) is 10.5 Å². The first kappa shape index (κ1) is 16.4. The zero-order valence-corrected chi connectivity index (χ0v) is 15.8. The first-order valence-corrected chi connectivity index (χ1v) is 9.58. The first-order chi connectivity index (χ1) is 14.8. The van der Waals surface area contributed by atoms with Crippen LogP contribution in [0.15, 0.2) is 83.3 Å². The molecule has 0 bridgehead atoms. The fraction of sp³-hybridized carbons (Fsp3) is 0. The van der Waals surface area contributed by atoms with Crippen LogP contribution in [0.1, 0.15) is 11.1 Å². The molecule has 0 aliphatic carbocycles. The van der Waals surface area contributed by atoms with Crippen molar-refractivity contribution in [2.45, 2.75) is 0 Å². The minimum absolute atomic E-state index is 0.449. The van der Waals surface area contributed by atoms with Gasteiger partial charge in [-0.1, -0.05) is 42.5 Å². The van der Waals surface area contributed by atoms with Gasteiger partial charge in [0.15, 0.2) is 5.58 Å². The highest BCUT2D eigenvalue weighted by Gasteiger charge is 2.20. The molecule has 2 aromatic heterocycles. The third-order valence-electron chi connectivity index (χ3n) is 5.67. The molecule has 0 aliphatic heterocycles. The topological polar surface area (TPSA) is 65.7 Å². The van der Waals surface area contributed by atoms with Crippen LogP contribution in [0.25, 0.3) is 49.4 Å². The summed E-state index contributed by atoms with van der Waals surface area (Å²) in [6.45, 7) is 0. The van der Waals surface area contributed by atoms with Crippen molar-refractivity contribution in [3.63, 3.8) is 0 Å². The van der Waals surface area contributed by atoms with Crippen LogP contribution in [-0.4, -0.2) is 4.57 Å². The molecule has 6 aromatic rings. The molecule has 0 N–H and O–H groups in total. The molecule has 4 nitrogen and oxygen atoms in total. The van der Waals surface area contributed by atoms with Gasteiger partial charge in [-0.05, 0) is 36.4 Å². The van der Waals surface area contributed by atoms with Crippen LogP contribution in [0.4, 0.5) is 0 Å². The maximum atomic E-state index is 9.81. The third-order valence-corrected chi connectivity index (χ3v) is 5.67. The monoisotopic (exact) mass is 383 g/mol. The Bertz CT molecular complexity index is 1720. The van der Waals surface area contributed by atoms with E-state index < -0.39 is 0 Å². The highest BCUT2D eigenvalue weighted by atomic mass is 16.3. The van der Waals surface area contributed by atoms with Gasteiger partial charge in [0.05, 0.1) is 33.9 Å². The Morgan fingerprint density at radius 1 is 0.700 bits per heavy atom. The fourth-order valence-corrected chi connectivity index (χ4v) is 4.37. The van der Waals surface area contributed by atoms with Crippen molar-refractivity contribution in [2.24, 2.45) is 0 Å². The lowest BCUT2D eigenvalue weighted by molar-refractivity contribution is 0.671. The molecule has 0 aliphatic rings. The number of furan rings is 1. The summed E-state index contributed by atoms with van der Waals surface area (Å²) in [5.41, 5.74) is 5.17. The molecular formula is C26H13N3O. The SMILES string of the molecule is N#Cc1ccc(-n2c3ccccc3c3ccc4c5ccccc5oc4c32)c(C#N)c1. The van der Waals surface area contributed by atoms with Gasteiger partial charge in [-0.25, -0.2) is 0 Å². The smallest absolute Gasteiger partial charge is 0.160 e. The summed E-state index contributed by atoms with van der Waals surface area (Å²) in [6.07, 6.45) is 0. The van der Waals surface area contributed by atoms with E-state index in [1.165, 1.54) is 0 Å². The Labute approximate surface area is 171 Å². The van der Waals surface area contributed by atoms with Crippen LogP contribution in [0.5, 0.6) is 0 Å². The minimum Gasteiger partial charge on any atom is -0.454 e. The number of fused-ring (bicyclic) bond motifs is 7. The Balaban J connectivity index is 1.88. The van der Waals surface area contributed by atoms with Gasteiger partial charge in [-0.15, -0.1) is 0 Å². The highest BCUT2D eigenvalue weighted by molar-refractivity contribution is 6.21. The van der Waals surface area contributed by atoms with Crippen molar-refractivity contribution in [2.75, 3.05) is 0 Å². The maximum absolute atomic E-state index is 9.81. The van der Waals surface area contributed by atoms with E-state index in [0.717, 1.165) is 49.4 Å². The summed E-state index contributed by atoms with van der Waals surface area (Å²) >= 11 is 0. The summed E-state index contributed by atoms with van der Waals surface area (Å²) in [5, 5.41) is 23.3. The van der Waals surface area contributed by atoms with E-state index >= 15 is 0 Å². The molecule has 0 amide bonds. The lowest BCUT2D eigenvalue weighted by Crippen LogP contribution is -1.98. The van der Waals surface area contributed by atoms with Gasteiger partial charge < -0.3 is 8.98 Å². The fourth-order valence-electron chi connectivity index (χ4n) is 4.37. The quantitative estimate of drug-likeness (QED) is 0.329. The first-order valence-electron chi connectivity index (χ1n) is 9.58. The lowest BCUT2D eigenvalue weighted by Gasteiger charge is -2.10. The van der Waals surface area contributed by atoms with Gasteiger partial charge in [0, 0.05) is 21.5 Å². The molecule has 0 fully saturated rings. The Kier molecular flexibility index (Phi) is 3.27. The van der Waals surface area contributed by atoms with Crippen LogP contribution < -0.4 is 0 Å². The Morgan fingerprint density at radius 2 is 1.47 bits per heavy atom. The maximum Gasteiger partial charge on any atom is 0.160 e. The third kappa shape index (κ3) is 2.08. The van der Waals surface area contributed by atoms with Crippen LogP contribution >= 0.6 is 0 Å². The van der Waals surface area contributed by atoms with Crippen molar-refractivity contribution in [1.29, 1.82) is 10.5 Å². The van der Waals surface area contributed by atoms with E-state index in [4.69, 9.17) is 4.42 Å². The number of benzene rings is 4. The second-order valence-corrected chi connectivity index (χ2v) is 7.24. The predicted molar refractivity (Wildman–Crippen MR) is 117 cm³/mol. The van der Waals surface area contributed by atoms with Crippen molar-refractivity contribution in [3.8, 4) is 17.8 Å². The van der Waals surface area contributed by atoms with Gasteiger partial charge >= 0.3 is 0 Å². The molecule has 2 heterocycles. The summed E-state index contributed by atoms with van der Waals surface area (Å²) in [5.74, 6) is 0. The Hall–Kier alpha value is -4.54. The molecule has 0 saturated heterocycles. The van der Waals surface area contributed by atoms with Crippen molar-refractivity contribution in [1.82, 2.24) is 4.57 Å². The van der Waals surface area contributed by atoms with Crippen LogP contribution in [0.3, 0.4) is 0 Å². The summed E-state index contributed by atoms with van der Waals surface area (Å²) < 4.78 is 8.40. The average molecular weight is 383 g/mol. The molecule has 0 spiro atoms. The van der Waals surface area contributed by atoms with Crippen LogP contribution in [0, 0.1) is 22.7 Å². The molecule has 6 rings (SSSR count). The number of aromatic nitrogens is 1. The Morgan fingerprint density at radius 3 is 2.30 bits per heavy atom. The number of nitriles is 2.